The van der Waals surface area contributed by atoms with Crippen LogP contribution in [0.1, 0.15) is 0 Å². The molecule has 0 atom stereocenters. The lowest BCUT2D eigenvalue weighted by Gasteiger charge is -2.14. The molecule has 0 saturated heterocycles. The van der Waals surface area contributed by atoms with Crippen molar-refractivity contribution in [2.45, 2.75) is 4.90 Å². The van der Waals surface area contributed by atoms with Gasteiger partial charge in [0, 0.05) is 42.3 Å². The van der Waals surface area contributed by atoms with E-state index in [0.717, 1.165) is 27.6 Å². The number of hydrogen-bond donors (Lipinski definition) is 2. The zero-order valence-corrected chi connectivity index (χ0v) is 17.5. The van der Waals surface area contributed by atoms with Crippen LogP contribution in [0.4, 0.5) is 11.4 Å². The fourth-order valence-electron chi connectivity index (χ4n) is 3.04. The molecule has 0 aliphatic heterocycles. The number of para-hydroxylation sites is 1. The molecule has 8 heteroatoms. The third-order valence-corrected chi connectivity index (χ3v) is 6.52. The van der Waals surface area contributed by atoms with E-state index in [2.05, 4.69) is 10.6 Å². The summed E-state index contributed by atoms with van der Waals surface area (Å²) in [6, 6.07) is 20.2. The molecule has 0 aliphatic carbocycles. The Kier molecular flexibility index (Phi) is 4.99. The standard InChI is InChI=1S/C21H19N3O3S2/c1-24(2)29(25,26)16-7-5-6-14(12-16)22-21(28)23-15-10-11-18-17-8-3-4-9-19(17)27-20(18)13-15/h3-13H,1-2H3,(H2,22,23,28). The number of furan rings is 1. The largest absolute Gasteiger partial charge is 0.456 e. The second-order valence-electron chi connectivity index (χ2n) is 6.70. The number of hydrogen-bond acceptors (Lipinski definition) is 4. The quantitative estimate of drug-likeness (QED) is 0.464. The van der Waals surface area contributed by atoms with Crippen molar-refractivity contribution in [3.63, 3.8) is 0 Å². The average molecular weight is 426 g/mol. The number of anilines is 2. The second-order valence-corrected chi connectivity index (χ2v) is 9.26. The van der Waals surface area contributed by atoms with Gasteiger partial charge in [-0.05, 0) is 48.6 Å². The van der Waals surface area contributed by atoms with Gasteiger partial charge in [-0.15, -0.1) is 0 Å². The summed E-state index contributed by atoms with van der Waals surface area (Å²) in [7, 11) is -0.522. The highest BCUT2D eigenvalue weighted by atomic mass is 32.2. The van der Waals surface area contributed by atoms with Gasteiger partial charge in [0.25, 0.3) is 0 Å². The van der Waals surface area contributed by atoms with Crippen LogP contribution in [0, 0.1) is 0 Å². The third kappa shape index (κ3) is 3.82. The van der Waals surface area contributed by atoms with E-state index in [4.69, 9.17) is 16.6 Å². The minimum Gasteiger partial charge on any atom is -0.456 e. The maximum atomic E-state index is 12.3. The zero-order chi connectivity index (χ0) is 20.6. The minimum atomic E-state index is -3.51. The highest BCUT2D eigenvalue weighted by Crippen LogP contribution is 2.30. The topological polar surface area (TPSA) is 74.6 Å². The predicted molar refractivity (Wildman–Crippen MR) is 121 cm³/mol. The molecule has 0 unspecified atom stereocenters. The summed E-state index contributed by atoms with van der Waals surface area (Å²) in [5.41, 5.74) is 2.94. The van der Waals surface area contributed by atoms with Crippen LogP contribution in [0.2, 0.25) is 0 Å². The van der Waals surface area contributed by atoms with Crippen LogP contribution in [0.5, 0.6) is 0 Å². The van der Waals surface area contributed by atoms with Gasteiger partial charge in [-0.2, -0.15) is 0 Å². The smallest absolute Gasteiger partial charge is 0.242 e. The summed E-state index contributed by atoms with van der Waals surface area (Å²) >= 11 is 5.38. The fraction of sp³-hybridized carbons (Fsp3) is 0.0952. The highest BCUT2D eigenvalue weighted by molar-refractivity contribution is 7.89. The number of rotatable bonds is 4. The van der Waals surface area contributed by atoms with Gasteiger partial charge in [0.2, 0.25) is 10.0 Å². The maximum Gasteiger partial charge on any atom is 0.242 e. The zero-order valence-electron chi connectivity index (χ0n) is 15.8. The predicted octanol–water partition coefficient (Wildman–Crippen LogP) is 4.65. The Hall–Kier alpha value is -2.94. The fourth-order valence-corrected chi connectivity index (χ4v) is 4.23. The molecule has 148 valence electrons. The van der Waals surface area contributed by atoms with E-state index in [1.54, 1.807) is 24.3 Å². The van der Waals surface area contributed by atoms with Crippen molar-refractivity contribution in [2.24, 2.45) is 0 Å². The maximum absolute atomic E-state index is 12.3. The van der Waals surface area contributed by atoms with Gasteiger partial charge >= 0.3 is 0 Å². The van der Waals surface area contributed by atoms with E-state index in [1.807, 2.05) is 42.5 Å². The van der Waals surface area contributed by atoms with Crippen LogP contribution in [-0.4, -0.2) is 31.9 Å². The first kappa shape index (κ1) is 19.4. The number of fused-ring (bicyclic) bond motifs is 3. The number of nitrogens with zero attached hydrogens (tertiary/aromatic N) is 1. The SMILES string of the molecule is CN(C)S(=O)(=O)c1cccc(NC(=S)Nc2ccc3c(c2)oc2ccccc23)c1. The summed E-state index contributed by atoms with van der Waals surface area (Å²) in [6.45, 7) is 0. The Morgan fingerprint density at radius 2 is 1.55 bits per heavy atom. The molecule has 4 aromatic rings. The van der Waals surface area contributed by atoms with E-state index in [-0.39, 0.29) is 4.90 Å². The van der Waals surface area contributed by atoms with Crippen molar-refractivity contribution < 1.29 is 12.8 Å². The number of benzene rings is 3. The highest BCUT2D eigenvalue weighted by Gasteiger charge is 2.17. The van der Waals surface area contributed by atoms with Crippen LogP contribution in [0.25, 0.3) is 21.9 Å². The van der Waals surface area contributed by atoms with Crippen molar-refractivity contribution in [1.82, 2.24) is 4.31 Å². The molecule has 29 heavy (non-hydrogen) atoms. The number of nitrogens with one attached hydrogen (secondary N) is 2. The lowest BCUT2D eigenvalue weighted by Crippen LogP contribution is -2.23. The lowest BCUT2D eigenvalue weighted by molar-refractivity contribution is 0.521. The van der Waals surface area contributed by atoms with Crippen molar-refractivity contribution in [2.75, 3.05) is 24.7 Å². The minimum absolute atomic E-state index is 0.194. The normalized spacial score (nSPS) is 11.8. The summed E-state index contributed by atoms with van der Waals surface area (Å²) < 4.78 is 31.7. The molecule has 0 saturated carbocycles. The third-order valence-electron chi connectivity index (χ3n) is 4.51. The van der Waals surface area contributed by atoms with E-state index >= 15 is 0 Å². The van der Waals surface area contributed by atoms with Gasteiger partial charge in [-0.3, -0.25) is 0 Å². The van der Waals surface area contributed by atoms with E-state index in [0.29, 0.717) is 10.8 Å². The van der Waals surface area contributed by atoms with Crippen molar-refractivity contribution >= 4 is 60.7 Å². The Labute approximate surface area is 174 Å². The molecule has 2 N–H and O–H groups in total. The van der Waals surface area contributed by atoms with Crippen LogP contribution in [0.3, 0.4) is 0 Å². The van der Waals surface area contributed by atoms with Gasteiger partial charge in [0.15, 0.2) is 5.11 Å². The molecular weight excluding hydrogens is 406 g/mol. The monoisotopic (exact) mass is 425 g/mol. The Morgan fingerprint density at radius 3 is 2.31 bits per heavy atom. The molecule has 3 aromatic carbocycles. The molecule has 0 amide bonds. The summed E-state index contributed by atoms with van der Waals surface area (Å²) in [5.74, 6) is 0. The first-order chi connectivity index (χ1) is 13.8. The van der Waals surface area contributed by atoms with Gasteiger partial charge in [-0.25, -0.2) is 12.7 Å². The van der Waals surface area contributed by atoms with Crippen molar-refractivity contribution in [3.8, 4) is 0 Å². The number of sulfonamides is 1. The van der Waals surface area contributed by atoms with Crippen LogP contribution < -0.4 is 10.6 Å². The number of thiocarbonyl (C=S) groups is 1. The van der Waals surface area contributed by atoms with Crippen LogP contribution in [-0.2, 0) is 10.0 Å². The molecule has 0 bridgehead atoms. The van der Waals surface area contributed by atoms with Crippen molar-refractivity contribution in [1.29, 1.82) is 0 Å². The Bertz CT molecular complexity index is 1330. The van der Waals surface area contributed by atoms with Crippen LogP contribution in [0.15, 0.2) is 76.0 Å². The van der Waals surface area contributed by atoms with Gasteiger partial charge in [0.1, 0.15) is 11.2 Å². The molecule has 1 heterocycles. The Morgan fingerprint density at radius 1 is 0.862 bits per heavy atom. The van der Waals surface area contributed by atoms with Crippen molar-refractivity contribution in [3.05, 3.63) is 66.7 Å². The Balaban J connectivity index is 1.53. The average Bonchev–Trinajstić information content (AvgIpc) is 3.05. The first-order valence-corrected chi connectivity index (χ1v) is 10.7. The van der Waals surface area contributed by atoms with E-state index in [9.17, 15) is 8.42 Å². The molecular formula is C21H19N3O3S2. The molecule has 1 aromatic heterocycles. The lowest BCUT2D eigenvalue weighted by atomic mass is 10.1. The van der Waals surface area contributed by atoms with E-state index in [1.165, 1.54) is 18.4 Å². The molecule has 6 nitrogen and oxygen atoms in total. The molecule has 4 rings (SSSR count). The molecule has 0 spiro atoms. The van der Waals surface area contributed by atoms with Gasteiger partial charge < -0.3 is 15.1 Å². The van der Waals surface area contributed by atoms with E-state index < -0.39 is 10.0 Å². The van der Waals surface area contributed by atoms with Gasteiger partial charge in [-0.1, -0.05) is 24.3 Å². The summed E-state index contributed by atoms with van der Waals surface area (Å²) in [6.07, 6.45) is 0. The second kappa shape index (κ2) is 7.47. The molecule has 0 fully saturated rings. The van der Waals surface area contributed by atoms with Crippen LogP contribution >= 0.6 is 12.2 Å². The molecule has 0 aliphatic rings. The summed E-state index contributed by atoms with van der Waals surface area (Å²) in [4.78, 5) is 0.194. The first-order valence-electron chi connectivity index (χ1n) is 8.86. The summed E-state index contributed by atoms with van der Waals surface area (Å²) in [5, 5.41) is 8.58. The molecule has 0 radical (unpaired) electrons. The van der Waals surface area contributed by atoms with Gasteiger partial charge in [0.05, 0.1) is 4.90 Å².